The number of allylic oxidation sites excluding steroid dienone is 2. The molecule has 1 nitrogen and oxygen atoms in total. The molecule has 0 bridgehead atoms. The van der Waals surface area contributed by atoms with Gasteiger partial charge < -0.3 is 5.32 Å². The van der Waals surface area contributed by atoms with E-state index in [1.807, 2.05) is 0 Å². The molecule has 2 rings (SSSR count). The van der Waals surface area contributed by atoms with Crippen molar-refractivity contribution in [2.75, 3.05) is 13.1 Å². The zero-order chi connectivity index (χ0) is 8.23. The van der Waals surface area contributed by atoms with Crippen LogP contribution in [0.5, 0.6) is 0 Å². The van der Waals surface area contributed by atoms with Crippen molar-refractivity contribution in [3.8, 4) is 0 Å². The van der Waals surface area contributed by atoms with E-state index in [-0.39, 0.29) is 0 Å². The molecule has 12 heavy (non-hydrogen) atoms. The summed E-state index contributed by atoms with van der Waals surface area (Å²) in [4.78, 5) is 0. The van der Waals surface area contributed by atoms with E-state index in [2.05, 4.69) is 17.5 Å². The SMILES string of the molecule is C1=CC[C@@H](C2CCCNC2)CC1. The number of hydrogen-bond donors (Lipinski definition) is 1. The number of rotatable bonds is 1. The van der Waals surface area contributed by atoms with Crippen molar-refractivity contribution in [3.63, 3.8) is 0 Å². The Bertz CT molecular complexity index is 156. The van der Waals surface area contributed by atoms with Crippen LogP contribution < -0.4 is 5.32 Å². The van der Waals surface area contributed by atoms with Gasteiger partial charge in [0.1, 0.15) is 0 Å². The van der Waals surface area contributed by atoms with Gasteiger partial charge in [-0.2, -0.15) is 0 Å². The molecule has 2 atom stereocenters. The molecule has 0 aromatic rings. The molecule has 1 heteroatoms. The lowest BCUT2D eigenvalue weighted by atomic mass is 9.79. The summed E-state index contributed by atoms with van der Waals surface area (Å²) in [5.41, 5.74) is 0. The molecule has 1 unspecified atom stereocenters. The highest BCUT2D eigenvalue weighted by molar-refractivity contribution is 4.93. The van der Waals surface area contributed by atoms with Crippen molar-refractivity contribution in [3.05, 3.63) is 12.2 Å². The summed E-state index contributed by atoms with van der Waals surface area (Å²) in [6.07, 6.45) is 11.7. The van der Waals surface area contributed by atoms with E-state index in [9.17, 15) is 0 Å². The van der Waals surface area contributed by atoms with E-state index in [1.165, 1.54) is 45.2 Å². The predicted molar refractivity (Wildman–Crippen MR) is 52.1 cm³/mol. The highest BCUT2D eigenvalue weighted by Crippen LogP contribution is 2.29. The van der Waals surface area contributed by atoms with Crippen LogP contribution in [0.1, 0.15) is 32.1 Å². The van der Waals surface area contributed by atoms with Crippen molar-refractivity contribution in [2.45, 2.75) is 32.1 Å². The maximum absolute atomic E-state index is 3.51. The van der Waals surface area contributed by atoms with Gasteiger partial charge in [-0.3, -0.25) is 0 Å². The van der Waals surface area contributed by atoms with Crippen molar-refractivity contribution in [2.24, 2.45) is 11.8 Å². The average molecular weight is 165 g/mol. The van der Waals surface area contributed by atoms with E-state index in [0.717, 1.165) is 11.8 Å². The molecule has 68 valence electrons. The van der Waals surface area contributed by atoms with Crippen molar-refractivity contribution < 1.29 is 0 Å². The topological polar surface area (TPSA) is 12.0 Å². The van der Waals surface area contributed by atoms with Crippen LogP contribution in [0.25, 0.3) is 0 Å². The Kier molecular flexibility index (Phi) is 2.83. The van der Waals surface area contributed by atoms with Crippen LogP contribution >= 0.6 is 0 Å². The van der Waals surface area contributed by atoms with Gasteiger partial charge in [-0.1, -0.05) is 12.2 Å². The number of hydrogen-bond acceptors (Lipinski definition) is 1. The minimum atomic E-state index is 0.976. The smallest absolute Gasteiger partial charge is 0.00177 e. The molecule has 1 fully saturated rings. The summed E-state index contributed by atoms with van der Waals surface area (Å²) in [7, 11) is 0. The van der Waals surface area contributed by atoms with Gasteiger partial charge in [0, 0.05) is 0 Å². The van der Waals surface area contributed by atoms with Gasteiger partial charge in [0.05, 0.1) is 0 Å². The molecular weight excluding hydrogens is 146 g/mol. The quantitative estimate of drug-likeness (QED) is 0.588. The molecule has 0 amide bonds. The predicted octanol–water partition coefficient (Wildman–Crippen LogP) is 2.34. The minimum Gasteiger partial charge on any atom is -0.316 e. The Morgan fingerprint density at radius 1 is 1.08 bits per heavy atom. The third kappa shape index (κ3) is 1.89. The molecule has 0 radical (unpaired) electrons. The van der Waals surface area contributed by atoms with Gasteiger partial charge in [-0.05, 0) is 57.0 Å². The summed E-state index contributed by atoms with van der Waals surface area (Å²) in [6.45, 7) is 2.53. The van der Waals surface area contributed by atoms with Gasteiger partial charge >= 0.3 is 0 Å². The zero-order valence-electron chi connectivity index (χ0n) is 7.76. The summed E-state index contributed by atoms with van der Waals surface area (Å²) in [6, 6.07) is 0. The first-order valence-electron chi connectivity index (χ1n) is 5.32. The fourth-order valence-electron chi connectivity index (χ4n) is 2.53. The molecule has 1 aliphatic heterocycles. The van der Waals surface area contributed by atoms with Crippen LogP contribution in [0, 0.1) is 11.8 Å². The third-order valence-corrected chi connectivity index (χ3v) is 3.31. The fourth-order valence-corrected chi connectivity index (χ4v) is 2.53. The largest absolute Gasteiger partial charge is 0.316 e. The van der Waals surface area contributed by atoms with E-state index in [1.54, 1.807) is 0 Å². The van der Waals surface area contributed by atoms with Crippen LogP contribution in [-0.2, 0) is 0 Å². The van der Waals surface area contributed by atoms with Gasteiger partial charge in [-0.25, -0.2) is 0 Å². The third-order valence-electron chi connectivity index (χ3n) is 3.31. The first kappa shape index (κ1) is 8.31. The molecule has 1 heterocycles. The van der Waals surface area contributed by atoms with Crippen LogP contribution in [0.2, 0.25) is 0 Å². The highest BCUT2D eigenvalue weighted by atomic mass is 14.9. The lowest BCUT2D eigenvalue weighted by Crippen LogP contribution is -2.34. The average Bonchev–Trinajstić information content (AvgIpc) is 2.21. The minimum absolute atomic E-state index is 0.976. The maximum Gasteiger partial charge on any atom is -0.00177 e. The van der Waals surface area contributed by atoms with Crippen LogP contribution in [0.3, 0.4) is 0 Å². The highest BCUT2D eigenvalue weighted by Gasteiger charge is 2.22. The fraction of sp³-hybridized carbons (Fsp3) is 0.818. The monoisotopic (exact) mass is 165 g/mol. The van der Waals surface area contributed by atoms with Crippen LogP contribution in [0.4, 0.5) is 0 Å². The first-order chi connectivity index (χ1) is 5.97. The lowest BCUT2D eigenvalue weighted by Gasteiger charge is -2.31. The summed E-state index contributed by atoms with van der Waals surface area (Å²) < 4.78 is 0. The molecule has 0 saturated carbocycles. The van der Waals surface area contributed by atoms with Gasteiger partial charge in [0.2, 0.25) is 0 Å². The number of piperidine rings is 1. The second-order valence-electron chi connectivity index (χ2n) is 4.15. The van der Waals surface area contributed by atoms with Crippen LogP contribution in [0.15, 0.2) is 12.2 Å². The Labute approximate surface area is 75.2 Å². The summed E-state index contributed by atoms with van der Waals surface area (Å²) >= 11 is 0. The van der Waals surface area contributed by atoms with Gasteiger partial charge in [0.15, 0.2) is 0 Å². The van der Waals surface area contributed by atoms with E-state index >= 15 is 0 Å². The second kappa shape index (κ2) is 4.08. The number of nitrogens with one attached hydrogen (secondary N) is 1. The molecule has 0 aromatic heterocycles. The molecule has 1 N–H and O–H groups in total. The van der Waals surface area contributed by atoms with Crippen LogP contribution in [-0.4, -0.2) is 13.1 Å². The Morgan fingerprint density at radius 2 is 2.08 bits per heavy atom. The Balaban J connectivity index is 1.85. The Hall–Kier alpha value is -0.300. The van der Waals surface area contributed by atoms with Gasteiger partial charge in [-0.15, -0.1) is 0 Å². The Morgan fingerprint density at radius 3 is 2.75 bits per heavy atom. The zero-order valence-corrected chi connectivity index (χ0v) is 7.76. The normalized spacial score (nSPS) is 36.7. The van der Waals surface area contributed by atoms with Gasteiger partial charge in [0.25, 0.3) is 0 Å². The van der Waals surface area contributed by atoms with E-state index < -0.39 is 0 Å². The molecule has 2 aliphatic rings. The second-order valence-corrected chi connectivity index (χ2v) is 4.15. The van der Waals surface area contributed by atoms with Crippen molar-refractivity contribution in [1.82, 2.24) is 5.32 Å². The molecular formula is C11H19N. The van der Waals surface area contributed by atoms with Crippen molar-refractivity contribution >= 4 is 0 Å². The molecule has 0 spiro atoms. The lowest BCUT2D eigenvalue weighted by molar-refractivity contribution is 0.248. The summed E-state index contributed by atoms with van der Waals surface area (Å²) in [5, 5.41) is 3.51. The maximum atomic E-state index is 3.51. The summed E-state index contributed by atoms with van der Waals surface area (Å²) in [5.74, 6) is 1.96. The first-order valence-corrected chi connectivity index (χ1v) is 5.32. The van der Waals surface area contributed by atoms with Crippen molar-refractivity contribution in [1.29, 1.82) is 0 Å². The standard InChI is InChI=1S/C11H19N/c1-2-5-10(6-3-1)11-7-4-8-12-9-11/h1-2,10-12H,3-9H2/t10-,11?/m1/s1. The van der Waals surface area contributed by atoms with E-state index in [0.29, 0.717) is 0 Å². The molecule has 0 aromatic carbocycles. The molecule has 1 aliphatic carbocycles. The van der Waals surface area contributed by atoms with E-state index in [4.69, 9.17) is 0 Å². The molecule has 1 saturated heterocycles.